The number of hydrogen-bond acceptors (Lipinski definition) is 5. The summed E-state index contributed by atoms with van der Waals surface area (Å²) in [7, 11) is 1.39. The fraction of sp³-hybridized carbons (Fsp3) is 0.250. The van der Waals surface area contributed by atoms with Gasteiger partial charge in [-0.05, 0) is 49.2 Å². The molecule has 2 N–H and O–H groups in total. The number of methoxy groups -OCH3 is 1. The van der Waals surface area contributed by atoms with E-state index in [0.29, 0.717) is 38.0 Å². The van der Waals surface area contributed by atoms with Gasteiger partial charge in [0.2, 0.25) is 0 Å². The Labute approximate surface area is 193 Å². The molecule has 3 aromatic rings. The van der Waals surface area contributed by atoms with E-state index in [9.17, 15) is 4.79 Å². The van der Waals surface area contributed by atoms with Crippen molar-refractivity contribution in [3.05, 3.63) is 62.2 Å². The number of anilines is 2. The van der Waals surface area contributed by atoms with E-state index in [0.717, 1.165) is 30.4 Å². The lowest BCUT2D eigenvalue weighted by Crippen LogP contribution is -2.20. The third-order valence-electron chi connectivity index (χ3n) is 4.81. The molecule has 0 aliphatic heterocycles. The number of rotatable bonds is 5. The van der Waals surface area contributed by atoms with Gasteiger partial charge in [-0.25, -0.2) is 4.79 Å². The van der Waals surface area contributed by atoms with E-state index < -0.39 is 0 Å². The van der Waals surface area contributed by atoms with Gasteiger partial charge in [0, 0.05) is 26.7 Å². The number of ether oxygens (including phenoxy) is 1. The van der Waals surface area contributed by atoms with Crippen molar-refractivity contribution in [3.63, 3.8) is 0 Å². The van der Waals surface area contributed by atoms with Crippen LogP contribution in [0.15, 0.2) is 30.6 Å². The van der Waals surface area contributed by atoms with Crippen LogP contribution >= 0.6 is 46.8 Å². The predicted octanol–water partition coefficient (Wildman–Crippen LogP) is 5.38. The van der Waals surface area contributed by atoms with Crippen molar-refractivity contribution in [2.45, 2.75) is 25.8 Å². The number of hydrogen-bond donors (Lipinski definition) is 2. The quantitative estimate of drug-likeness (QED) is 0.377. The minimum absolute atomic E-state index is 0.343. The molecule has 2 aromatic heterocycles. The zero-order valence-corrected chi connectivity index (χ0v) is 19.1. The van der Waals surface area contributed by atoms with E-state index in [1.807, 2.05) is 6.20 Å². The summed E-state index contributed by atoms with van der Waals surface area (Å²) >= 11 is 19.5. The molecule has 1 aromatic carbocycles. The highest BCUT2D eigenvalue weighted by atomic mass is 35.5. The number of thiocarbonyl (C=S) groups is 1. The SMILES string of the molecule is COC(=O)c1c(NC(=S)Nc2cnn(Cc3c(Cl)cccc3Cl)c2)sc2c1CCC2. The molecule has 6 nitrogen and oxygen atoms in total. The average molecular weight is 481 g/mol. The molecule has 0 radical (unpaired) electrons. The second kappa shape index (κ2) is 8.93. The van der Waals surface area contributed by atoms with Crippen LogP contribution in [-0.2, 0) is 24.1 Å². The molecule has 1 aliphatic carbocycles. The Bertz CT molecular complexity index is 1110. The van der Waals surface area contributed by atoms with Crippen LogP contribution in [0.5, 0.6) is 0 Å². The van der Waals surface area contributed by atoms with E-state index in [1.165, 1.54) is 12.0 Å². The van der Waals surface area contributed by atoms with Gasteiger partial charge in [-0.2, -0.15) is 5.10 Å². The molecule has 30 heavy (non-hydrogen) atoms. The Morgan fingerprint density at radius 2 is 2.07 bits per heavy atom. The zero-order chi connectivity index (χ0) is 21.3. The van der Waals surface area contributed by atoms with Gasteiger partial charge in [0.1, 0.15) is 5.00 Å². The van der Waals surface area contributed by atoms with Crippen LogP contribution in [-0.4, -0.2) is 28.0 Å². The Kier molecular flexibility index (Phi) is 6.29. The number of esters is 1. The highest BCUT2D eigenvalue weighted by molar-refractivity contribution is 7.80. The fourth-order valence-electron chi connectivity index (χ4n) is 3.44. The van der Waals surface area contributed by atoms with Crippen molar-refractivity contribution in [3.8, 4) is 0 Å². The van der Waals surface area contributed by atoms with Crippen molar-refractivity contribution < 1.29 is 9.53 Å². The van der Waals surface area contributed by atoms with Gasteiger partial charge in [-0.1, -0.05) is 29.3 Å². The number of halogens is 2. The Morgan fingerprint density at radius 3 is 2.80 bits per heavy atom. The molecule has 2 heterocycles. The molecule has 0 saturated heterocycles. The number of nitrogens with zero attached hydrogens (tertiary/aromatic N) is 2. The van der Waals surface area contributed by atoms with Crippen molar-refractivity contribution in [1.82, 2.24) is 9.78 Å². The maximum atomic E-state index is 12.3. The molecule has 0 amide bonds. The maximum Gasteiger partial charge on any atom is 0.341 e. The van der Waals surface area contributed by atoms with Gasteiger partial charge in [-0.15, -0.1) is 11.3 Å². The first-order valence-corrected chi connectivity index (χ1v) is 11.2. The second-order valence-corrected chi connectivity index (χ2v) is 9.09. The summed E-state index contributed by atoms with van der Waals surface area (Å²) in [6.07, 6.45) is 6.39. The highest BCUT2D eigenvalue weighted by Crippen LogP contribution is 2.39. The first-order valence-electron chi connectivity index (χ1n) is 9.22. The molecule has 0 atom stereocenters. The summed E-state index contributed by atoms with van der Waals surface area (Å²) in [5, 5.41) is 12.8. The molecule has 0 spiro atoms. The van der Waals surface area contributed by atoms with Crippen LogP contribution in [0, 0.1) is 0 Å². The number of fused-ring (bicyclic) bond motifs is 1. The molecular formula is C20H18Cl2N4O2S2. The summed E-state index contributed by atoms with van der Waals surface area (Å²) in [4.78, 5) is 13.5. The molecule has 0 fully saturated rings. The summed E-state index contributed by atoms with van der Waals surface area (Å²) in [6, 6.07) is 5.39. The van der Waals surface area contributed by atoms with Gasteiger partial charge in [0.25, 0.3) is 0 Å². The molecule has 0 saturated carbocycles. The molecule has 1 aliphatic rings. The minimum atomic E-state index is -0.343. The van der Waals surface area contributed by atoms with Crippen LogP contribution in [0.4, 0.5) is 10.7 Å². The maximum absolute atomic E-state index is 12.3. The first-order chi connectivity index (χ1) is 14.5. The number of carbonyl (C=O) groups is 1. The minimum Gasteiger partial charge on any atom is -0.465 e. The van der Waals surface area contributed by atoms with Crippen LogP contribution in [0.1, 0.15) is 32.8 Å². The van der Waals surface area contributed by atoms with Gasteiger partial charge in [0.05, 0.1) is 31.1 Å². The van der Waals surface area contributed by atoms with Crippen molar-refractivity contribution >= 4 is 68.5 Å². The summed E-state index contributed by atoms with van der Waals surface area (Å²) in [5.74, 6) is -0.343. The van der Waals surface area contributed by atoms with E-state index in [4.69, 9.17) is 40.2 Å². The lowest BCUT2D eigenvalue weighted by atomic mass is 10.1. The van der Waals surface area contributed by atoms with Gasteiger partial charge in [-0.3, -0.25) is 4.68 Å². The lowest BCUT2D eigenvalue weighted by Gasteiger charge is -2.10. The van der Waals surface area contributed by atoms with Crippen molar-refractivity contribution in [2.24, 2.45) is 0 Å². The van der Waals surface area contributed by atoms with Gasteiger partial charge in [0.15, 0.2) is 5.11 Å². The van der Waals surface area contributed by atoms with Crippen LogP contribution in [0.3, 0.4) is 0 Å². The van der Waals surface area contributed by atoms with Crippen molar-refractivity contribution in [2.75, 3.05) is 17.7 Å². The fourth-order valence-corrected chi connectivity index (χ4v) is 5.52. The zero-order valence-electron chi connectivity index (χ0n) is 16.0. The molecule has 0 unspecified atom stereocenters. The Morgan fingerprint density at radius 1 is 1.30 bits per heavy atom. The summed E-state index contributed by atoms with van der Waals surface area (Å²) in [6.45, 7) is 0.435. The Hall–Kier alpha value is -2.13. The molecule has 0 bridgehead atoms. The van der Waals surface area contributed by atoms with Crippen LogP contribution in [0.2, 0.25) is 10.0 Å². The molecule has 10 heteroatoms. The van der Waals surface area contributed by atoms with Crippen LogP contribution in [0.25, 0.3) is 0 Å². The van der Waals surface area contributed by atoms with Gasteiger partial charge >= 0.3 is 5.97 Å². The number of nitrogens with one attached hydrogen (secondary N) is 2. The van der Waals surface area contributed by atoms with E-state index in [-0.39, 0.29) is 5.97 Å². The Balaban J connectivity index is 1.45. The number of aromatic nitrogens is 2. The lowest BCUT2D eigenvalue weighted by molar-refractivity contribution is 0.0601. The smallest absolute Gasteiger partial charge is 0.341 e. The highest BCUT2D eigenvalue weighted by Gasteiger charge is 2.27. The number of benzene rings is 1. The normalized spacial score (nSPS) is 12.5. The van der Waals surface area contributed by atoms with E-state index in [2.05, 4.69) is 15.7 Å². The summed E-state index contributed by atoms with van der Waals surface area (Å²) < 4.78 is 6.69. The molecule has 4 rings (SSSR count). The monoisotopic (exact) mass is 480 g/mol. The number of thiophene rings is 1. The third-order valence-corrected chi connectivity index (χ3v) is 6.93. The standard InChI is InChI=1S/C20H18Cl2N4O2S2/c1-28-19(27)17-12-4-2-7-16(12)30-18(17)25-20(29)24-11-8-23-26(9-11)10-13-14(21)5-3-6-15(13)22/h3,5-6,8-9H,2,4,7,10H2,1H3,(H2,24,25,29). The number of carbonyl (C=O) groups excluding carboxylic acids is 1. The predicted molar refractivity (Wildman–Crippen MR) is 125 cm³/mol. The largest absolute Gasteiger partial charge is 0.465 e. The van der Waals surface area contributed by atoms with Gasteiger partial charge < -0.3 is 15.4 Å². The number of aryl methyl sites for hydroxylation is 1. The van der Waals surface area contributed by atoms with Crippen LogP contribution < -0.4 is 10.6 Å². The average Bonchev–Trinajstić information content (AvgIpc) is 3.40. The molecular weight excluding hydrogens is 463 g/mol. The molecule has 156 valence electrons. The summed E-state index contributed by atoms with van der Waals surface area (Å²) in [5.41, 5.74) is 3.16. The third kappa shape index (κ3) is 4.32. The second-order valence-electron chi connectivity index (χ2n) is 6.76. The first kappa shape index (κ1) is 21.1. The topological polar surface area (TPSA) is 68.2 Å². The van der Waals surface area contributed by atoms with Crippen molar-refractivity contribution in [1.29, 1.82) is 0 Å². The van der Waals surface area contributed by atoms with E-state index in [1.54, 1.807) is 40.4 Å². The van der Waals surface area contributed by atoms with E-state index >= 15 is 0 Å².